The zero-order chi connectivity index (χ0) is 9.84. The van der Waals surface area contributed by atoms with E-state index in [9.17, 15) is 5.11 Å². The molecule has 0 heterocycles. The molecular weight excluding hydrogens is 160 g/mol. The van der Waals surface area contributed by atoms with Crippen LogP contribution in [-0.2, 0) is 6.42 Å². The number of hydrogen-bond acceptors (Lipinski definition) is 1. The Hall–Kier alpha value is -1.26. The Morgan fingerprint density at radius 3 is 2.31 bits per heavy atom. The van der Waals surface area contributed by atoms with E-state index in [1.165, 1.54) is 11.1 Å². The van der Waals surface area contributed by atoms with Crippen LogP contribution in [0.2, 0.25) is 0 Å². The highest BCUT2D eigenvalue weighted by molar-refractivity contribution is 5.29. The molecule has 1 aromatic rings. The van der Waals surface area contributed by atoms with Gasteiger partial charge in [-0.15, -0.1) is 6.42 Å². The third-order valence-electron chi connectivity index (χ3n) is 1.90. The van der Waals surface area contributed by atoms with Gasteiger partial charge in [-0.3, -0.25) is 0 Å². The minimum Gasteiger partial charge on any atom is -0.380 e. The molecule has 13 heavy (non-hydrogen) atoms. The highest BCUT2D eigenvalue weighted by Crippen LogP contribution is 2.10. The van der Waals surface area contributed by atoms with E-state index in [0.717, 1.165) is 5.56 Å². The lowest BCUT2D eigenvalue weighted by Crippen LogP contribution is -2.06. The van der Waals surface area contributed by atoms with E-state index >= 15 is 0 Å². The molecule has 1 unspecified atom stereocenters. The van der Waals surface area contributed by atoms with E-state index in [1.807, 2.05) is 26.0 Å². The maximum atomic E-state index is 9.26. The van der Waals surface area contributed by atoms with Crippen molar-refractivity contribution in [3.63, 3.8) is 0 Å². The first-order valence-corrected chi connectivity index (χ1v) is 4.33. The molecule has 0 amide bonds. The van der Waals surface area contributed by atoms with E-state index in [-0.39, 0.29) is 0 Å². The van der Waals surface area contributed by atoms with Gasteiger partial charge in [-0.2, -0.15) is 0 Å². The predicted octanol–water partition coefficient (Wildman–Crippen LogP) is 1.84. The summed E-state index contributed by atoms with van der Waals surface area (Å²) in [6.07, 6.45) is 4.97. The summed E-state index contributed by atoms with van der Waals surface area (Å²) < 4.78 is 0. The molecule has 0 saturated heterocycles. The van der Waals surface area contributed by atoms with Crippen LogP contribution < -0.4 is 0 Å². The molecule has 0 saturated carbocycles. The van der Waals surface area contributed by atoms with Crippen molar-refractivity contribution >= 4 is 0 Å². The van der Waals surface area contributed by atoms with Crippen LogP contribution in [0.4, 0.5) is 0 Å². The van der Waals surface area contributed by atoms with Crippen molar-refractivity contribution in [2.75, 3.05) is 0 Å². The van der Waals surface area contributed by atoms with Gasteiger partial charge in [0.2, 0.25) is 0 Å². The van der Waals surface area contributed by atoms with Gasteiger partial charge in [0.1, 0.15) is 6.10 Å². The van der Waals surface area contributed by atoms with Crippen molar-refractivity contribution in [3.8, 4) is 12.3 Å². The van der Waals surface area contributed by atoms with Crippen LogP contribution in [0.1, 0.15) is 16.7 Å². The van der Waals surface area contributed by atoms with Crippen molar-refractivity contribution in [2.45, 2.75) is 26.4 Å². The summed E-state index contributed by atoms with van der Waals surface area (Å²) in [5, 5.41) is 9.26. The Morgan fingerprint density at radius 1 is 1.31 bits per heavy atom. The summed E-state index contributed by atoms with van der Waals surface area (Å²) in [7, 11) is 0. The van der Waals surface area contributed by atoms with Crippen molar-refractivity contribution in [2.24, 2.45) is 0 Å². The van der Waals surface area contributed by atoms with Gasteiger partial charge < -0.3 is 5.11 Å². The Labute approximate surface area is 79.4 Å². The molecular formula is C12H14O. The van der Waals surface area contributed by atoms with E-state index < -0.39 is 6.10 Å². The fourth-order valence-electron chi connectivity index (χ4n) is 1.47. The highest BCUT2D eigenvalue weighted by atomic mass is 16.3. The Morgan fingerprint density at radius 2 is 1.85 bits per heavy atom. The van der Waals surface area contributed by atoms with Gasteiger partial charge in [-0.05, 0) is 19.4 Å². The number of rotatable bonds is 2. The molecule has 1 rings (SSSR count). The first kappa shape index (κ1) is 9.83. The zero-order valence-corrected chi connectivity index (χ0v) is 8.04. The second kappa shape index (κ2) is 4.11. The van der Waals surface area contributed by atoms with Crippen LogP contribution in [0.5, 0.6) is 0 Å². The monoisotopic (exact) mass is 174 g/mol. The molecule has 1 aromatic carbocycles. The lowest BCUT2D eigenvalue weighted by atomic mass is 10.0. The number of terminal acetylenes is 1. The van der Waals surface area contributed by atoms with Crippen LogP contribution in [0.3, 0.4) is 0 Å². The van der Waals surface area contributed by atoms with Crippen LogP contribution >= 0.6 is 0 Å². The number of aryl methyl sites for hydroxylation is 2. The first-order valence-electron chi connectivity index (χ1n) is 4.33. The molecule has 68 valence electrons. The molecule has 0 aliphatic rings. The van der Waals surface area contributed by atoms with Crippen molar-refractivity contribution in [1.29, 1.82) is 0 Å². The van der Waals surface area contributed by atoms with E-state index in [2.05, 4.69) is 12.0 Å². The molecule has 0 radical (unpaired) electrons. The molecule has 0 bridgehead atoms. The highest BCUT2D eigenvalue weighted by Gasteiger charge is 2.01. The minimum absolute atomic E-state index is 0.541. The van der Waals surface area contributed by atoms with Gasteiger partial charge in [0.05, 0.1) is 0 Å². The molecule has 0 fully saturated rings. The molecule has 1 nitrogen and oxygen atoms in total. The summed E-state index contributed by atoms with van der Waals surface area (Å²) in [5.41, 5.74) is 3.52. The van der Waals surface area contributed by atoms with Gasteiger partial charge in [0.15, 0.2) is 0 Å². The average Bonchev–Trinajstić information content (AvgIpc) is 2.02. The lowest BCUT2D eigenvalue weighted by molar-refractivity contribution is 0.233. The van der Waals surface area contributed by atoms with E-state index in [4.69, 9.17) is 6.42 Å². The Bertz CT molecular complexity index is 313. The largest absolute Gasteiger partial charge is 0.380 e. The topological polar surface area (TPSA) is 20.2 Å². The predicted molar refractivity (Wildman–Crippen MR) is 54.5 cm³/mol. The van der Waals surface area contributed by atoms with Gasteiger partial charge in [-0.1, -0.05) is 35.2 Å². The molecule has 1 N–H and O–H groups in total. The number of hydrogen-bond donors (Lipinski definition) is 1. The maximum Gasteiger partial charge on any atom is 0.118 e. The summed E-state index contributed by atoms with van der Waals surface area (Å²) >= 11 is 0. The van der Waals surface area contributed by atoms with Crippen LogP contribution in [0.15, 0.2) is 18.2 Å². The van der Waals surface area contributed by atoms with Gasteiger partial charge >= 0.3 is 0 Å². The smallest absolute Gasteiger partial charge is 0.118 e. The SMILES string of the molecule is C#CC(O)Cc1cc(C)cc(C)c1. The van der Waals surface area contributed by atoms with Crippen molar-refractivity contribution in [1.82, 2.24) is 0 Å². The summed E-state index contributed by atoms with van der Waals surface area (Å²) in [6.45, 7) is 4.08. The summed E-state index contributed by atoms with van der Waals surface area (Å²) in [5.74, 6) is 2.31. The minimum atomic E-state index is -0.666. The molecule has 0 aromatic heterocycles. The summed E-state index contributed by atoms with van der Waals surface area (Å²) in [6, 6.07) is 6.20. The van der Waals surface area contributed by atoms with Crippen LogP contribution in [0.25, 0.3) is 0 Å². The average molecular weight is 174 g/mol. The molecule has 0 spiro atoms. The third kappa shape index (κ3) is 2.93. The van der Waals surface area contributed by atoms with E-state index in [1.54, 1.807) is 0 Å². The van der Waals surface area contributed by atoms with Gasteiger partial charge in [0.25, 0.3) is 0 Å². The normalized spacial score (nSPS) is 12.2. The second-order valence-electron chi connectivity index (χ2n) is 3.38. The van der Waals surface area contributed by atoms with Crippen LogP contribution in [-0.4, -0.2) is 11.2 Å². The Kier molecular flexibility index (Phi) is 3.11. The third-order valence-corrected chi connectivity index (χ3v) is 1.90. The molecule has 0 aliphatic heterocycles. The van der Waals surface area contributed by atoms with Gasteiger partial charge in [-0.25, -0.2) is 0 Å². The molecule has 1 heteroatoms. The quantitative estimate of drug-likeness (QED) is 0.678. The van der Waals surface area contributed by atoms with E-state index in [0.29, 0.717) is 6.42 Å². The fraction of sp³-hybridized carbons (Fsp3) is 0.333. The zero-order valence-electron chi connectivity index (χ0n) is 8.04. The summed E-state index contributed by atoms with van der Waals surface area (Å²) in [4.78, 5) is 0. The van der Waals surface area contributed by atoms with Crippen molar-refractivity contribution in [3.05, 3.63) is 34.9 Å². The molecule has 1 atom stereocenters. The standard InChI is InChI=1S/C12H14O/c1-4-12(13)8-11-6-9(2)5-10(3)7-11/h1,5-7,12-13H,8H2,2-3H3. The number of benzene rings is 1. The van der Waals surface area contributed by atoms with Crippen molar-refractivity contribution < 1.29 is 5.11 Å². The lowest BCUT2D eigenvalue weighted by Gasteiger charge is -2.06. The number of aliphatic hydroxyl groups is 1. The van der Waals surface area contributed by atoms with Crippen LogP contribution in [0, 0.1) is 26.2 Å². The number of aliphatic hydroxyl groups excluding tert-OH is 1. The fourth-order valence-corrected chi connectivity index (χ4v) is 1.47. The maximum absolute atomic E-state index is 9.26. The second-order valence-corrected chi connectivity index (χ2v) is 3.38. The van der Waals surface area contributed by atoms with Gasteiger partial charge in [0, 0.05) is 6.42 Å². The molecule has 0 aliphatic carbocycles. The Balaban J connectivity index is 2.84. The first-order chi connectivity index (χ1) is 6.11.